The molecular weight excluding hydrogens is 306 g/mol. The summed E-state index contributed by atoms with van der Waals surface area (Å²) in [5.41, 5.74) is 2.96. The average Bonchev–Trinajstić information content (AvgIpc) is 2.96. The number of hydrogen-bond acceptors (Lipinski definition) is 2. The summed E-state index contributed by atoms with van der Waals surface area (Å²) < 4.78 is 27.5. The van der Waals surface area contributed by atoms with Crippen LogP contribution in [0.2, 0.25) is 0 Å². The van der Waals surface area contributed by atoms with Gasteiger partial charge in [-0.25, -0.2) is 8.42 Å². The molecule has 0 N–H and O–H groups in total. The second-order valence-electron chi connectivity index (χ2n) is 5.97. The van der Waals surface area contributed by atoms with Crippen LogP contribution in [0, 0.1) is 6.92 Å². The quantitative estimate of drug-likeness (QED) is 0.717. The number of hydrogen-bond donors (Lipinski definition) is 0. The Morgan fingerprint density at radius 1 is 0.913 bits per heavy atom. The van der Waals surface area contributed by atoms with Crippen molar-refractivity contribution < 1.29 is 8.42 Å². The standard InChI is InChI=1S/C19H17NO2S/c1-14-6-8-18(9-7-14)23(21,22)20-11-10-17-12-15-4-2-3-5-16(15)13-19(17)20/h2-9,12-13H,10-11H2,1H3. The lowest BCUT2D eigenvalue weighted by atomic mass is 10.1. The smallest absolute Gasteiger partial charge is 0.264 e. The minimum Gasteiger partial charge on any atom is -0.266 e. The third-order valence-corrected chi connectivity index (χ3v) is 6.24. The number of nitrogens with zero attached hydrogens (tertiary/aromatic N) is 1. The van der Waals surface area contributed by atoms with Gasteiger partial charge in [-0.3, -0.25) is 4.31 Å². The van der Waals surface area contributed by atoms with E-state index >= 15 is 0 Å². The maximum Gasteiger partial charge on any atom is 0.264 e. The largest absolute Gasteiger partial charge is 0.266 e. The van der Waals surface area contributed by atoms with Crippen LogP contribution in [-0.2, 0) is 16.4 Å². The summed E-state index contributed by atoms with van der Waals surface area (Å²) in [5, 5.41) is 2.22. The Kier molecular flexibility index (Phi) is 3.16. The van der Waals surface area contributed by atoms with Crippen molar-refractivity contribution in [3.63, 3.8) is 0 Å². The van der Waals surface area contributed by atoms with E-state index in [1.165, 1.54) is 0 Å². The van der Waals surface area contributed by atoms with Crippen LogP contribution < -0.4 is 4.31 Å². The van der Waals surface area contributed by atoms with Crippen molar-refractivity contribution in [3.8, 4) is 0 Å². The monoisotopic (exact) mass is 323 g/mol. The van der Waals surface area contributed by atoms with E-state index in [1.807, 2.05) is 43.3 Å². The third-order valence-electron chi connectivity index (χ3n) is 4.41. The fraction of sp³-hybridized carbons (Fsp3) is 0.158. The van der Waals surface area contributed by atoms with Gasteiger partial charge in [-0.2, -0.15) is 0 Å². The summed E-state index contributed by atoms with van der Waals surface area (Å²) in [7, 11) is -3.50. The maximum absolute atomic E-state index is 13.0. The van der Waals surface area contributed by atoms with E-state index in [0.717, 1.165) is 34.0 Å². The zero-order chi connectivity index (χ0) is 16.0. The summed E-state index contributed by atoms with van der Waals surface area (Å²) >= 11 is 0. The van der Waals surface area contributed by atoms with Gasteiger partial charge in [0.15, 0.2) is 0 Å². The molecule has 0 atom stereocenters. The van der Waals surface area contributed by atoms with Crippen molar-refractivity contribution in [1.82, 2.24) is 0 Å². The Labute approximate surface area is 136 Å². The van der Waals surface area contributed by atoms with Gasteiger partial charge in [0.25, 0.3) is 10.0 Å². The molecule has 4 rings (SSSR count). The predicted octanol–water partition coefficient (Wildman–Crippen LogP) is 3.90. The van der Waals surface area contributed by atoms with E-state index in [4.69, 9.17) is 0 Å². The van der Waals surface area contributed by atoms with Crippen molar-refractivity contribution in [2.24, 2.45) is 0 Å². The molecule has 1 aliphatic rings. The number of aryl methyl sites for hydroxylation is 1. The molecule has 0 amide bonds. The molecular formula is C19H17NO2S. The summed E-state index contributed by atoms with van der Waals surface area (Å²) in [6, 6.07) is 19.2. The molecule has 1 heterocycles. The van der Waals surface area contributed by atoms with Gasteiger partial charge in [0.1, 0.15) is 0 Å². The van der Waals surface area contributed by atoms with Gasteiger partial charge in [-0.05, 0) is 53.9 Å². The van der Waals surface area contributed by atoms with Crippen LogP contribution in [0.1, 0.15) is 11.1 Å². The molecule has 0 aliphatic carbocycles. The van der Waals surface area contributed by atoms with Crippen LogP contribution in [-0.4, -0.2) is 15.0 Å². The lowest BCUT2D eigenvalue weighted by Gasteiger charge is -2.20. The Morgan fingerprint density at radius 2 is 1.57 bits per heavy atom. The van der Waals surface area contributed by atoms with Crippen molar-refractivity contribution in [1.29, 1.82) is 0 Å². The van der Waals surface area contributed by atoms with Crippen LogP contribution >= 0.6 is 0 Å². The molecule has 3 nitrogen and oxygen atoms in total. The first-order valence-electron chi connectivity index (χ1n) is 7.67. The van der Waals surface area contributed by atoms with Crippen LogP contribution in [0.4, 0.5) is 5.69 Å². The van der Waals surface area contributed by atoms with E-state index in [-0.39, 0.29) is 0 Å². The molecule has 0 saturated carbocycles. The number of fused-ring (bicyclic) bond motifs is 2. The number of sulfonamides is 1. The van der Waals surface area contributed by atoms with Crippen LogP contribution in [0.5, 0.6) is 0 Å². The molecule has 4 heteroatoms. The molecule has 0 bridgehead atoms. The molecule has 3 aromatic carbocycles. The summed E-state index contributed by atoms with van der Waals surface area (Å²) in [5.74, 6) is 0. The molecule has 116 valence electrons. The fourth-order valence-electron chi connectivity index (χ4n) is 3.14. The van der Waals surface area contributed by atoms with E-state index in [9.17, 15) is 8.42 Å². The average molecular weight is 323 g/mol. The molecule has 0 unspecified atom stereocenters. The van der Waals surface area contributed by atoms with E-state index in [0.29, 0.717) is 11.4 Å². The highest BCUT2D eigenvalue weighted by atomic mass is 32.2. The summed E-state index contributed by atoms with van der Waals surface area (Å²) in [6.07, 6.45) is 0.755. The number of anilines is 1. The normalized spacial score (nSPS) is 14.2. The number of rotatable bonds is 2. The molecule has 0 spiro atoms. The Balaban J connectivity index is 1.84. The maximum atomic E-state index is 13.0. The third kappa shape index (κ3) is 2.30. The first-order chi connectivity index (χ1) is 11.1. The van der Waals surface area contributed by atoms with Crippen LogP contribution in [0.15, 0.2) is 65.6 Å². The highest BCUT2D eigenvalue weighted by Gasteiger charge is 2.31. The van der Waals surface area contributed by atoms with Crippen LogP contribution in [0.25, 0.3) is 10.8 Å². The predicted molar refractivity (Wildman–Crippen MR) is 93.4 cm³/mol. The molecule has 1 aliphatic heterocycles. The lowest BCUT2D eigenvalue weighted by molar-refractivity contribution is 0.592. The molecule has 3 aromatic rings. The lowest BCUT2D eigenvalue weighted by Crippen LogP contribution is -2.29. The Hall–Kier alpha value is -2.33. The van der Waals surface area contributed by atoms with Gasteiger partial charge < -0.3 is 0 Å². The zero-order valence-electron chi connectivity index (χ0n) is 12.9. The Bertz CT molecular complexity index is 992. The van der Waals surface area contributed by atoms with Crippen molar-refractivity contribution in [2.45, 2.75) is 18.2 Å². The summed E-state index contributed by atoms with van der Waals surface area (Å²) in [6.45, 7) is 2.45. The van der Waals surface area contributed by atoms with Gasteiger partial charge in [0, 0.05) is 6.54 Å². The van der Waals surface area contributed by atoms with Gasteiger partial charge in [-0.15, -0.1) is 0 Å². The van der Waals surface area contributed by atoms with Crippen LogP contribution in [0.3, 0.4) is 0 Å². The minimum atomic E-state index is -3.50. The molecule has 23 heavy (non-hydrogen) atoms. The molecule has 0 fully saturated rings. The van der Waals surface area contributed by atoms with E-state index in [2.05, 4.69) is 12.1 Å². The SMILES string of the molecule is Cc1ccc(S(=O)(=O)N2CCc3cc4ccccc4cc32)cc1. The molecule has 0 saturated heterocycles. The first-order valence-corrected chi connectivity index (χ1v) is 9.11. The minimum absolute atomic E-state index is 0.351. The van der Waals surface area contributed by atoms with Gasteiger partial charge in [0.2, 0.25) is 0 Å². The number of benzene rings is 3. The zero-order valence-corrected chi connectivity index (χ0v) is 13.7. The second kappa shape index (κ2) is 5.10. The second-order valence-corrected chi connectivity index (χ2v) is 7.83. The summed E-state index contributed by atoms with van der Waals surface area (Å²) in [4.78, 5) is 0.351. The van der Waals surface area contributed by atoms with Gasteiger partial charge in [-0.1, -0.05) is 42.0 Å². The highest BCUT2D eigenvalue weighted by molar-refractivity contribution is 7.92. The van der Waals surface area contributed by atoms with Gasteiger partial charge in [0.05, 0.1) is 10.6 Å². The highest BCUT2D eigenvalue weighted by Crippen LogP contribution is 2.36. The van der Waals surface area contributed by atoms with Gasteiger partial charge >= 0.3 is 0 Å². The van der Waals surface area contributed by atoms with Crippen molar-refractivity contribution in [2.75, 3.05) is 10.8 Å². The molecule has 0 radical (unpaired) electrons. The van der Waals surface area contributed by atoms with E-state index < -0.39 is 10.0 Å². The van der Waals surface area contributed by atoms with Crippen molar-refractivity contribution >= 4 is 26.5 Å². The Morgan fingerprint density at radius 3 is 2.26 bits per heavy atom. The topological polar surface area (TPSA) is 37.4 Å². The first kappa shape index (κ1) is 14.3. The van der Waals surface area contributed by atoms with E-state index in [1.54, 1.807) is 16.4 Å². The molecule has 0 aromatic heterocycles. The fourth-order valence-corrected chi connectivity index (χ4v) is 4.63. The van der Waals surface area contributed by atoms with Crippen molar-refractivity contribution in [3.05, 3.63) is 71.8 Å².